The molecule has 2 nitrogen and oxygen atoms in total. The van der Waals surface area contributed by atoms with Gasteiger partial charge in [-0.25, -0.2) is 0 Å². The van der Waals surface area contributed by atoms with Crippen molar-refractivity contribution in [2.75, 3.05) is 0 Å². The third kappa shape index (κ3) is 2.15. The van der Waals surface area contributed by atoms with E-state index in [-0.39, 0.29) is 5.41 Å². The van der Waals surface area contributed by atoms with E-state index in [1.165, 1.54) is 0 Å². The van der Waals surface area contributed by atoms with E-state index in [0.717, 1.165) is 5.70 Å². The van der Waals surface area contributed by atoms with Crippen molar-refractivity contribution in [2.24, 2.45) is 16.9 Å². The van der Waals surface area contributed by atoms with Gasteiger partial charge in [0.2, 0.25) is 0 Å². The zero-order valence-electron chi connectivity index (χ0n) is 6.96. The van der Waals surface area contributed by atoms with Gasteiger partial charge in [0.05, 0.1) is 0 Å². The average molecular weight is 150 g/mol. The Bertz CT molecular complexity index is 244. The summed E-state index contributed by atoms with van der Waals surface area (Å²) in [7, 11) is 0. The van der Waals surface area contributed by atoms with Crippen LogP contribution in [0.4, 0.5) is 0 Å². The standard InChI is InChI=1S/C9H14N2/c1-9(2)4-3-7(10)5-8(11)6-9/h3-6H,10-11H2,1-2H3. The summed E-state index contributed by atoms with van der Waals surface area (Å²) in [5, 5.41) is 0. The van der Waals surface area contributed by atoms with Crippen LogP contribution in [0.5, 0.6) is 0 Å². The largest absolute Gasteiger partial charge is 0.399 e. The van der Waals surface area contributed by atoms with Gasteiger partial charge in [-0.1, -0.05) is 26.0 Å². The molecule has 0 aromatic rings. The van der Waals surface area contributed by atoms with Crippen molar-refractivity contribution in [2.45, 2.75) is 13.8 Å². The molecule has 0 fully saturated rings. The Morgan fingerprint density at radius 3 is 2.45 bits per heavy atom. The quantitative estimate of drug-likeness (QED) is 0.546. The fourth-order valence-electron chi connectivity index (χ4n) is 1.07. The van der Waals surface area contributed by atoms with E-state index in [2.05, 4.69) is 13.8 Å². The molecule has 0 spiro atoms. The number of hydrogen-bond donors (Lipinski definition) is 2. The van der Waals surface area contributed by atoms with Crippen molar-refractivity contribution in [3.63, 3.8) is 0 Å². The predicted molar refractivity (Wildman–Crippen MR) is 47.5 cm³/mol. The molecule has 0 unspecified atom stereocenters. The zero-order chi connectivity index (χ0) is 8.48. The van der Waals surface area contributed by atoms with Crippen molar-refractivity contribution in [1.29, 1.82) is 0 Å². The maximum atomic E-state index is 5.67. The highest BCUT2D eigenvalue weighted by molar-refractivity contribution is 5.33. The first-order valence-electron chi connectivity index (χ1n) is 3.64. The molecule has 0 bridgehead atoms. The summed E-state index contributed by atoms with van der Waals surface area (Å²) in [6.07, 6.45) is 7.68. The average Bonchev–Trinajstić information content (AvgIpc) is 1.90. The molecule has 2 heteroatoms. The van der Waals surface area contributed by atoms with Crippen LogP contribution in [-0.4, -0.2) is 0 Å². The molecule has 0 aromatic carbocycles. The van der Waals surface area contributed by atoms with Crippen molar-refractivity contribution in [1.82, 2.24) is 0 Å². The monoisotopic (exact) mass is 150 g/mol. The topological polar surface area (TPSA) is 52.0 Å². The zero-order valence-corrected chi connectivity index (χ0v) is 6.96. The summed E-state index contributed by atoms with van der Waals surface area (Å²) < 4.78 is 0. The predicted octanol–water partition coefficient (Wildman–Crippen LogP) is 1.27. The Labute approximate surface area is 67.3 Å². The highest BCUT2D eigenvalue weighted by Crippen LogP contribution is 2.22. The van der Waals surface area contributed by atoms with Crippen LogP contribution in [0.25, 0.3) is 0 Å². The molecule has 0 atom stereocenters. The summed E-state index contributed by atoms with van der Waals surface area (Å²) in [6.45, 7) is 4.17. The van der Waals surface area contributed by atoms with Crippen LogP contribution in [0.1, 0.15) is 13.8 Å². The number of nitrogens with two attached hydrogens (primary N) is 2. The molecule has 0 aliphatic heterocycles. The lowest BCUT2D eigenvalue weighted by Gasteiger charge is -2.13. The number of hydrogen-bond acceptors (Lipinski definition) is 2. The van der Waals surface area contributed by atoms with Crippen LogP contribution < -0.4 is 11.5 Å². The number of allylic oxidation sites excluding steroid dienone is 4. The smallest absolute Gasteiger partial charge is 0.0331 e. The molecule has 1 aliphatic carbocycles. The Hall–Kier alpha value is -1.18. The van der Waals surface area contributed by atoms with Crippen LogP contribution in [0.3, 0.4) is 0 Å². The fraction of sp³-hybridized carbons (Fsp3) is 0.333. The maximum absolute atomic E-state index is 5.67. The molecule has 1 aliphatic rings. The van der Waals surface area contributed by atoms with E-state index in [4.69, 9.17) is 11.5 Å². The molecule has 60 valence electrons. The third-order valence-electron chi connectivity index (χ3n) is 1.58. The van der Waals surface area contributed by atoms with Gasteiger partial charge in [0.25, 0.3) is 0 Å². The Morgan fingerprint density at radius 1 is 1.18 bits per heavy atom. The highest BCUT2D eigenvalue weighted by Gasteiger charge is 2.12. The van der Waals surface area contributed by atoms with E-state index in [1.54, 1.807) is 6.08 Å². The maximum Gasteiger partial charge on any atom is 0.0331 e. The van der Waals surface area contributed by atoms with Crippen LogP contribution in [0.2, 0.25) is 0 Å². The van der Waals surface area contributed by atoms with Crippen LogP contribution in [-0.2, 0) is 0 Å². The summed E-state index contributed by atoms with van der Waals surface area (Å²) >= 11 is 0. The van der Waals surface area contributed by atoms with Gasteiger partial charge in [-0.05, 0) is 12.2 Å². The Kier molecular flexibility index (Phi) is 1.77. The van der Waals surface area contributed by atoms with Gasteiger partial charge < -0.3 is 11.5 Å². The molecule has 0 heterocycles. The first-order valence-corrected chi connectivity index (χ1v) is 3.64. The molecule has 0 saturated carbocycles. The van der Waals surface area contributed by atoms with E-state index in [9.17, 15) is 0 Å². The lowest BCUT2D eigenvalue weighted by atomic mass is 9.93. The molecule has 0 aromatic heterocycles. The lowest BCUT2D eigenvalue weighted by Crippen LogP contribution is -2.05. The van der Waals surface area contributed by atoms with Gasteiger partial charge in [0, 0.05) is 16.8 Å². The molecular formula is C9H14N2. The minimum absolute atomic E-state index is 0.0156. The van der Waals surface area contributed by atoms with Crippen molar-refractivity contribution in [3.05, 3.63) is 35.7 Å². The first kappa shape index (κ1) is 7.92. The van der Waals surface area contributed by atoms with Crippen molar-refractivity contribution < 1.29 is 0 Å². The minimum atomic E-state index is 0.0156. The normalized spacial score (nSPS) is 22.0. The second kappa shape index (κ2) is 2.46. The van der Waals surface area contributed by atoms with E-state index in [1.807, 2.05) is 18.2 Å². The molecule has 0 saturated heterocycles. The van der Waals surface area contributed by atoms with Crippen LogP contribution in [0.15, 0.2) is 35.7 Å². The van der Waals surface area contributed by atoms with E-state index < -0.39 is 0 Å². The SMILES string of the molecule is CC1(C)C=CC(N)=CC(N)=C1. The summed E-state index contributed by atoms with van der Waals surface area (Å²) in [5.74, 6) is 0. The van der Waals surface area contributed by atoms with Crippen LogP contribution >= 0.6 is 0 Å². The van der Waals surface area contributed by atoms with Gasteiger partial charge in [-0.2, -0.15) is 0 Å². The van der Waals surface area contributed by atoms with Crippen molar-refractivity contribution in [3.8, 4) is 0 Å². The summed E-state index contributed by atoms with van der Waals surface area (Å²) in [5.41, 5.74) is 12.7. The second-order valence-corrected chi connectivity index (χ2v) is 3.44. The number of rotatable bonds is 0. The fourth-order valence-corrected chi connectivity index (χ4v) is 1.07. The third-order valence-corrected chi connectivity index (χ3v) is 1.58. The Morgan fingerprint density at radius 2 is 1.82 bits per heavy atom. The highest BCUT2D eigenvalue weighted by atomic mass is 14.6. The van der Waals surface area contributed by atoms with Gasteiger partial charge >= 0.3 is 0 Å². The molecule has 1 rings (SSSR count). The van der Waals surface area contributed by atoms with Gasteiger partial charge in [0.1, 0.15) is 0 Å². The lowest BCUT2D eigenvalue weighted by molar-refractivity contribution is 0.622. The molecule has 11 heavy (non-hydrogen) atoms. The summed E-state index contributed by atoms with van der Waals surface area (Å²) in [6, 6.07) is 0. The van der Waals surface area contributed by atoms with Gasteiger partial charge in [0.15, 0.2) is 0 Å². The van der Waals surface area contributed by atoms with E-state index >= 15 is 0 Å². The minimum Gasteiger partial charge on any atom is -0.399 e. The van der Waals surface area contributed by atoms with Crippen molar-refractivity contribution >= 4 is 0 Å². The molecular weight excluding hydrogens is 136 g/mol. The Balaban J connectivity index is 3.02. The van der Waals surface area contributed by atoms with Gasteiger partial charge in [-0.3, -0.25) is 0 Å². The van der Waals surface area contributed by atoms with Gasteiger partial charge in [-0.15, -0.1) is 0 Å². The molecule has 0 radical (unpaired) electrons. The van der Waals surface area contributed by atoms with E-state index in [0.29, 0.717) is 5.70 Å². The first-order chi connectivity index (χ1) is 4.99. The second-order valence-electron chi connectivity index (χ2n) is 3.44. The molecule has 0 amide bonds. The summed E-state index contributed by atoms with van der Waals surface area (Å²) in [4.78, 5) is 0. The molecule has 4 N–H and O–H groups in total. The van der Waals surface area contributed by atoms with Crippen LogP contribution in [0, 0.1) is 5.41 Å².